The molecule has 1 aliphatic heterocycles. The van der Waals surface area contributed by atoms with Crippen LogP contribution in [0.1, 0.15) is 106 Å². The van der Waals surface area contributed by atoms with Crippen LogP contribution in [0, 0.1) is 10.8 Å². The predicted molar refractivity (Wildman–Crippen MR) is 240 cm³/mol. The second-order valence-electron chi connectivity index (χ2n) is 18.5. The van der Waals surface area contributed by atoms with Crippen molar-refractivity contribution >= 4 is 29.6 Å². The molecule has 3 aromatic rings. The van der Waals surface area contributed by atoms with Gasteiger partial charge in [-0.25, -0.2) is 9.48 Å². The van der Waals surface area contributed by atoms with Crippen LogP contribution in [0.4, 0.5) is 10.5 Å². The van der Waals surface area contributed by atoms with E-state index in [4.69, 9.17) is 18.9 Å². The Labute approximate surface area is 368 Å². The summed E-state index contributed by atoms with van der Waals surface area (Å²) in [6, 6.07) is 15.2. The van der Waals surface area contributed by atoms with E-state index in [1.807, 2.05) is 116 Å². The number of carbonyl (C=O) groups is 4. The molecule has 0 spiro atoms. The molecule has 2 aromatic carbocycles. The van der Waals surface area contributed by atoms with E-state index in [1.54, 1.807) is 11.8 Å². The van der Waals surface area contributed by atoms with E-state index in [0.717, 1.165) is 23.1 Å². The van der Waals surface area contributed by atoms with Gasteiger partial charge in [0.05, 0.1) is 49.4 Å². The highest BCUT2D eigenvalue weighted by molar-refractivity contribution is 6.02. The van der Waals surface area contributed by atoms with Crippen LogP contribution in [0.2, 0.25) is 0 Å². The van der Waals surface area contributed by atoms with Crippen molar-refractivity contribution < 1.29 is 38.1 Å². The van der Waals surface area contributed by atoms with Crippen LogP contribution >= 0.6 is 0 Å². The van der Waals surface area contributed by atoms with Crippen LogP contribution in [-0.2, 0) is 46.4 Å². The Kier molecular flexibility index (Phi) is 17.6. The third-order valence-electron chi connectivity index (χ3n) is 11.5. The molecule has 0 bridgehead atoms. The van der Waals surface area contributed by atoms with E-state index < -0.39 is 22.5 Å². The number of anilines is 1. The van der Waals surface area contributed by atoms with Gasteiger partial charge >= 0.3 is 12.1 Å². The van der Waals surface area contributed by atoms with Crippen LogP contribution in [0.3, 0.4) is 0 Å². The number of fused-ring (bicyclic) bond motifs is 5. The fourth-order valence-electron chi connectivity index (χ4n) is 7.87. The second kappa shape index (κ2) is 22.0. The van der Waals surface area contributed by atoms with Crippen LogP contribution < -0.4 is 20.9 Å². The first kappa shape index (κ1) is 49.8. The molecule has 1 aliphatic rings. The number of benzene rings is 2. The summed E-state index contributed by atoms with van der Waals surface area (Å²) >= 11 is 0. The molecule has 0 radical (unpaired) electrons. The number of alkyl carbamates (subject to hydrolysis) is 1. The maximum atomic E-state index is 15.0. The number of amides is 3. The molecule has 0 saturated heterocycles. The average molecular weight is 862 g/mol. The van der Waals surface area contributed by atoms with E-state index >= 15 is 0 Å². The number of carbonyl (C=O) groups excluding carboxylic acids is 4. The summed E-state index contributed by atoms with van der Waals surface area (Å²) < 4.78 is 23.8. The van der Waals surface area contributed by atoms with Crippen LogP contribution in [0.25, 0.3) is 22.5 Å². The fraction of sp³-hybridized carbons (Fsp3) is 0.617. The summed E-state index contributed by atoms with van der Waals surface area (Å²) in [5, 5.41) is 18.2. The van der Waals surface area contributed by atoms with Gasteiger partial charge < -0.3 is 39.8 Å². The van der Waals surface area contributed by atoms with Gasteiger partial charge in [-0.2, -0.15) is 0 Å². The Morgan fingerprint density at radius 2 is 1.50 bits per heavy atom. The monoisotopic (exact) mass is 862 g/mol. The predicted octanol–water partition coefficient (Wildman–Crippen LogP) is 7.07. The van der Waals surface area contributed by atoms with E-state index in [-0.39, 0.29) is 49.1 Å². The number of methoxy groups -OCH3 is 2. The summed E-state index contributed by atoms with van der Waals surface area (Å²) in [4.78, 5) is 55.1. The molecule has 342 valence electrons. The molecule has 15 heteroatoms. The van der Waals surface area contributed by atoms with Gasteiger partial charge in [-0.3, -0.25) is 14.4 Å². The number of esters is 1. The highest BCUT2D eigenvalue weighted by Crippen LogP contribution is 2.44. The van der Waals surface area contributed by atoms with Gasteiger partial charge in [0.1, 0.15) is 18.3 Å². The van der Waals surface area contributed by atoms with Crippen molar-refractivity contribution in [2.45, 2.75) is 131 Å². The third-order valence-corrected chi connectivity index (χ3v) is 11.5. The molecule has 62 heavy (non-hydrogen) atoms. The number of hydrogen-bond acceptors (Lipinski definition) is 11. The average Bonchev–Trinajstić information content (AvgIpc) is 3.63. The van der Waals surface area contributed by atoms with Crippen molar-refractivity contribution in [1.82, 2.24) is 30.9 Å². The summed E-state index contributed by atoms with van der Waals surface area (Å²) in [6.07, 6.45) is 3.10. The molecular formula is C47H71N7O8. The minimum absolute atomic E-state index is 0.0281. The maximum absolute atomic E-state index is 15.0. The zero-order valence-corrected chi connectivity index (χ0v) is 38.9. The molecule has 0 aliphatic carbocycles. The van der Waals surface area contributed by atoms with Crippen molar-refractivity contribution in [2.75, 3.05) is 52.0 Å². The summed E-state index contributed by atoms with van der Waals surface area (Å²) in [5.41, 5.74) is 2.01. The molecular weight excluding hydrogens is 791 g/mol. The molecule has 1 unspecified atom stereocenters. The maximum Gasteiger partial charge on any atom is 0.407 e. The zero-order valence-electron chi connectivity index (χ0n) is 38.9. The van der Waals surface area contributed by atoms with Gasteiger partial charge in [0.15, 0.2) is 0 Å². The van der Waals surface area contributed by atoms with Gasteiger partial charge in [0.25, 0.3) is 0 Å². The van der Waals surface area contributed by atoms with Crippen molar-refractivity contribution in [1.29, 1.82) is 0 Å². The van der Waals surface area contributed by atoms with Crippen LogP contribution in [0.5, 0.6) is 0 Å². The van der Waals surface area contributed by atoms with Crippen molar-refractivity contribution in [2.24, 2.45) is 10.8 Å². The Hall–Kier alpha value is -4.86. The summed E-state index contributed by atoms with van der Waals surface area (Å²) in [5.74, 6) is -0.552. The van der Waals surface area contributed by atoms with Gasteiger partial charge in [0.2, 0.25) is 11.8 Å². The van der Waals surface area contributed by atoms with Crippen LogP contribution in [-0.4, -0.2) is 103 Å². The molecule has 1 aromatic heterocycles. The Morgan fingerprint density at radius 3 is 2.19 bits per heavy atom. The summed E-state index contributed by atoms with van der Waals surface area (Å²) in [6.45, 7) is 20.2. The van der Waals surface area contributed by atoms with Crippen LogP contribution in [0.15, 0.2) is 48.5 Å². The van der Waals surface area contributed by atoms with Crippen molar-refractivity contribution in [3.05, 3.63) is 54.1 Å². The number of unbranched alkanes of at least 4 members (excludes halogenated alkanes) is 1. The number of para-hydroxylation sites is 1. The minimum Gasteiger partial charge on any atom is -0.468 e. The van der Waals surface area contributed by atoms with Crippen molar-refractivity contribution in [3.63, 3.8) is 0 Å². The Morgan fingerprint density at radius 1 is 0.806 bits per heavy atom. The number of likely N-dealkylation sites (N-methyl/N-ethyl adjacent to an activating group) is 1. The molecule has 4 rings (SSSR count). The first-order valence-corrected chi connectivity index (χ1v) is 21.9. The van der Waals surface area contributed by atoms with E-state index in [0.29, 0.717) is 75.4 Å². The topological polar surface area (TPSA) is 175 Å². The molecule has 15 nitrogen and oxygen atoms in total. The first-order valence-electron chi connectivity index (χ1n) is 21.9. The van der Waals surface area contributed by atoms with E-state index in [9.17, 15) is 19.2 Å². The number of aromatic nitrogens is 3. The number of nitrogens with one attached hydrogen (secondary N) is 3. The molecule has 1 atom stereocenters. The Bertz CT molecular complexity index is 1970. The Balaban J connectivity index is 1.45. The van der Waals surface area contributed by atoms with E-state index in [1.165, 1.54) is 7.11 Å². The lowest BCUT2D eigenvalue weighted by Crippen LogP contribution is -2.47. The van der Waals surface area contributed by atoms with Crippen molar-refractivity contribution in [3.8, 4) is 22.5 Å². The smallest absolute Gasteiger partial charge is 0.407 e. The lowest BCUT2D eigenvalue weighted by Gasteiger charge is -2.38. The van der Waals surface area contributed by atoms with Gasteiger partial charge in [-0.15, -0.1) is 5.10 Å². The van der Waals surface area contributed by atoms with E-state index in [2.05, 4.69) is 26.3 Å². The third kappa shape index (κ3) is 13.6. The number of rotatable bonds is 23. The molecule has 3 amide bonds. The normalized spacial score (nSPS) is 13.5. The zero-order chi connectivity index (χ0) is 45.7. The highest BCUT2D eigenvalue weighted by Gasteiger charge is 2.42. The fourth-order valence-corrected chi connectivity index (χ4v) is 7.87. The quantitative estimate of drug-likeness (QED) is 0.0658. The highest BCUT2D eigenvalue weighted by atomic mass is 16.5. The first-order chi connectivity index (χ1) is 29.3. The number of ether oxygens (including phenoxy) is 4. The second-order valence-corrected chi connectivity index (χ2v) is 18.5. The number of nitrogens with zero attached hydrogens (tertiary/aromatic N) is 4. The molecule has 0 saturated carbocycles. The number of hydrogen-bond donors (Lipinski definition) is 3. The molecule has 2 heterocycles. The summed E-state index contributed by atoms with van der Waals surface area (Å²) in [7, 11) is 3.07. The van der Waals surface area contributed by atoms with Gasteiger partial charge in [0, 0.05) is 42.2 Å². The largest absolute Gasteiger partial charge is 0.468 e. The SMILES string of the molecule is CCNC(CCCCNC(=O)OCCn1nnc2c1-c1ccccc1N(C(=O)C(C)(C)CC(C)(C)C(=O)NCCC(C)(C)OCCC(C)(C)OC)Cc1ccccc1-2)C(=O)OC. The van der Waals surface area contributed by atoms with Gasteiger partial charge in [-0.1, -0.05) is 82.3 Å². The molecule has 0 fully saturated rings. The van der Waals surface area contributed by atoms with Gasteiger partial charge in [-0.05, 0) is 84.4 Å². The molecule has 3 N–H and O–H groups in total. The lowest BCUT2D eigenvalue weighted by atomic mass is 9.73. The minimum atomic E-state index is -0.948. The standard InChI is InChI=1S/C47H71N7O8/c1-12-48-36(40(55)59-10)22-17-18-26-50-43(58)61-30-28-54-39-35-21-15-16-23-37(35)53(31-33-19-13-14-20-34(33)38(39)51-52-54)42(57)45(4,5)32-44(2,3)41(56)49-27-24-47(8,9)62-29-25-46(6,7)60-11/h13-16,19-21,23,36,48H,12,17-18,22,24-32H2,1-11H3,(H,49,56)(H,50,58). The lowest BCUT2D eigenvalue weighted by molar-refractivity contribution is -0.143.